The van der Waals surface area contributed by atoms with Gasteiger partial charge in [-0.25, -0.2) is 0 Å². The van der Waals surface area contributed by atoms with Gasteiger partial charge in [0.2, 0.25) is 0 Å². The maximum absolute atomic E-state index is 11.5. The van der Waals surface area contributed by atoms with Crippen LogP contribution < -0.4 is 0 Å². The molecule has 0 saturated heterocycles. The molecule has 1 aromatic rings. The van der Waals surface area contributed by atoms with Crippen molar-refractivity contribution in [2.24, 2.45) is 11.8 Å². The van der Waals surface area contributed by atoms with Gasteiger partial charge in [0.25, 0.3) is 0 Å². The van der Waals surface area contributed by atoms with E-state index < -0.39 is 0 Å². The largest absolute Gasteiger partial charge is 0.299 e. The number of hydrogen-bond acceptors (Lipinski definition) is 1. The summed E-state index contributed by atoms with van der Waals surface area (Å²) < 4.78 is 0. The van der Waals surface area contributed by atoms with E-state index in [0.717, 1.165) is 24.3 Å². The van der Waals surface area contributed by atoms with Crippen LogP contribution in [0.5, 0.6) is 0 Å². The summed E-state index contributed by atoms with van der Waals surface area (Å²) in [6.07, 6.45) is 2.70. The zero-order chi connectivity index (χ0) is 11.7. The molecule has 2 atom stereocenters. The first kappa shape index (κ1) is 11.7. The normalized spacial score (nSPS) is 25.1. The van der Waals surface area contributed by atoms with Crippen LogP contribution in [0.2, 0.25) is 5.02 Å². The Labute approximate surface area is 102 Å². The van der Waals surface area contributed by atoms with Crippen molar-refractivity contribution < 1.29 is 4.79 Å². The minimum Gasteiger partial charge on any atom is -0.299 e. The second-order valence-corrected chi connectivity index (χ2v) is 5.26. The van der Waals surface area contributed by atoms with E-state index in [1.54, 1.807) is 0 Å². The van der Waals surface area contributed by atoms with Crippen molar-refractivity contribution in [3.05, 3.63) is 34.3 Å². The average molecular weight is 237 g/mol. The second-order valence-electron chi connectivity index (χ2n) is 4.85. The summed E-state index contributed by atoms with van der Waals surface area (Å²) in [6, 6.07) is 6.17. The van der Waals surface area contributed by atoms with Gasteiger partial charge in [0, 0.05) is 17.4 Å². The number of aryl methyl sites for hydroxylation is 1. The van der Waals surface area contributed by atoms with Crippen LogP contribution in [0.1, 0.15) is 30.9 Å². The van der Waals surface area contributed by atoms with Crippen LogP contribution >= 0.6 is 11.6 Å². The molecule has 1 fully saturated rings. The van der Waals surface area contributed by atoms with Crippen LogP contribution in [0.4, 0.5) is 0 Å². The zero-order valence-electron chi connectivity index (χ0n) is 9.79. The molecular weight excluding hydrogens is 220 g/mol. The Morgan fingerprint density at radius 3 is 2.75 bits per heavy atom. The van der Waals surface area contributed by atoms with Gasteiger partial charge in [-0.15, -0.1) is 0 Å². The average Bonchev–Trinajstić information content (AvgIpc) is 2.54. The molecule has 0 spiro atoms. The molecule has 1 aliphatic carbocycles. The van der Waals surface area contributed by atoms with Gasteiger partial charge in [0.15, 0.2) is 0 Å². The topological polar surface area (TPSA) is 17.1 Å². The van der Waals surface area contributed by atoms with Crippen LogP contribution in [-0.4, -0.2) is 5.78 Å². The molecule has 0 N–H and O–H groups in total. The third-order valence-corrected chi connectivity index (χ3v) is 4.02. The lowest BCUT2D eigenvalue weighted by atomic mass is 9.90. The predicted octanol–water partition coefficient (Wildman–Crippen LogP) is 3.81. The summed E-state index contributed by atoms with van der Waals surface area (Å²) in [5.41, 5.74) is 2.36. The summed E-state index contributed by atoms with van der Waals surface area (Å²) in [4.78, 5) is 11.5. The molecule has 2 heteroatoms. The molecule has 1 saturated carbocycles. The maximum Gasteiger partial charge on any atom is 0.135 e. The van der Waals surface area contributed by atoms with Crippen LogP contribution in [-0.2, 0) is 11.2 Å². The number of benzene rings is 1. The third-order valence-electron chi connectivity index (χ3n) is 3.67. The number of halogens is 1. The molecule has 1 aliphatic rings. The van der Waals surface area contributed by atoms with Gasteiger partial charge in [0.1, 0.15) is 5.78 Å². The molecule has 1 nitrogen and oxygen atoms in total. The number of rotatable bonds is 2. The van der Waals surface area contributed by atoms with Crippen molar-refractivity contribution in [1.82, 2.24) is 0 Å². The van der Waals surface area contributed by atoms with Crippen LogP contribution in [0.15, 0.2) is 18.2 Å². The molecule has 86 valence electrons. The Kier molecular flexibility index (Phi) is 3.34. The van der Waals surface area contributed by atoms with Gasteiger partial charge in [-0.2, -0.15) is 0 Å². The third kappa shape index (κ3) is 2.30. The quantitative estimate of drug-likeness (QED) is 0.763. The van der Waals surface area contributed by atoms with Crippen LogP contribution in [0.25, 0.3) is 0 Å². The standard InChI is InChI=1S/C14H17ClO/c1-9-3-4-12(13(15)7-9)8-11-5-6-14(16)10(11)2/h3-4,7,10-11H,5-6,8H2,1-2H3. The molecule has 16 heavy (non-hydrogen) atoms. The Hall–Kier alpha value is -0.820. The lowest BCUT2D eigenvalue weighted by Crippen LogP contribution is -2.13. The molecule has 1 aromatic carbocycles. The monoisotopic (exact) mass is 236 g/mol. The predicted molar refractivity (Wildman–Crippen MR) is 66.8 cm³/mol. The van der Waals surface area contributed by atoms with Crippen molar-refractivity contribution in [2.75, 3.05) is 0 Å². The minimum absolute atomic E-state index is 0.206. The summed E-state index contributed by atoms with van der Waals surface area (Å²) >= 11 is 6.21. The van der Waals surface area contributed by atoms with E-state index in [-0.39, 0.29) is 5.92 Å². The number of carbonyl (C=O) groups is 1. The summed E-state index contributed by atoms with van der Waals surface area (Å²) in [6.45, 7) is 4.08. The zero-order valence-corrected chi connectivity index (χ0v) is 10.6. The highest BCUT2D eigenvalue weighted by atomic mass is 35.5. The first-order valence-corrected chi connectivity index (χ1v) is 6.23. The number of ketones is 1. The van der Waals surface area contributed by atoms with E-state index in [1.165, 1.54) is 11.1 Å². The number of Topliss-reactive ketones (excluding diaryl/α,β-unsaturated/α-hetero) is 1. The summed E-state index contributed by atoms with van der Waals surface area (Å²) in [7, 11) is 0. The van der Waals surface area contributed by atoms with Crippen molar-refractivity contribution in [3.8, 4) is 0 Å². The SMILES string of the molecule is Cc1ccc(CC2CCC(=O)C2C)c(Cl)c1. The Morgan fingerprint density at radius 1 is 1.44 bits per heavy atom. The minimum atomic E-state index is 0.206. The van der Waals surface area contributed by atoms with E-state index in [9.17, 15) is 4.79 Å². The molecule has 0 heterocycles. The number of hydrogen-bond donors (Lipinski definition) is 0. The highest BCUT2D eigenvalue weighted by Crippen LogP contribution is 2.33. The second kappa shape index (κ2) is 4.58. The summed E-state index contributed by atoms with van der Waals surface area (Å²) in [5.74, 6) is 1.10. The van der Waals surface area contributed by atoms with Crippen LogP contribution in [0, 0.1) is 18.8 Å². The van der Waals surface area contributed by atoms with E-state index >= 15 is 0 Å². The Bertz CT molecular complexity index is 411. The Balaban J connectivity index is 2.12. The van der Waals surface area contributed by atoms with Crippen molar-refractivity contribution in [3.63, 3.8) is 0 Å². The van der Waals surface area contributed by atoms with Gasteiger partial charge in [-0.05, 0) is 42.9 Å². The van der Waals surface area contributed by atoms with Crippen LogP contribution in [0.3, 0.4) is 0 Å². The highest BCUT2D eigenvalue weighted by molar-refractivity contribution is 6.31. The maximum atomic E-state index is 11.5. The molecule has 0 bridgehead atoms. The highest BCUT2D eigenvalue weighted by Gasteiger charge is 2.30. The lowest BCUT2D eigenvalue weighted by Gasteiger charge is -2.15. The Morgan fingerprint density at radius 2 is 2.19 bits per heavy atom. The molecule has 2 unspecified atom stereocenters. The van der Waals surface area contributed by atoms with Gasteiger partial charge in [-0.3, -0.25) is 4.79 Å². The lowest BCUT2D eigenvalue weighted by molar-refractivity contribution is -0.120. The number of carbonyl (C=O) groups excluding carboxylic acids is 1. The molecule has 0 aromatic heterocycles. The summed E-state index contributed by atoms with van der Waals surface area (Å²) in [5, 5.41) is 0.839. The van der Waals surface area contributed by atoms with Crippen molar-refractivity contribution in [1.29, 1.82) is 0 Å². The fourth-order valence-electron chi connectivity index (χ4n) is 2.45. The van der Waals surface area contributed by atoms with Gasteiger partial charge >= 0.3 is 0 Å². The first-order chi connectivity index (χ1) is 7.58. The molecule has 0 amide bonds. The van der Waals surface area contributed by atoms with Gasteiger partial charge in [-0.1, -0.05) is 30.7 Å². The van der Waals surface area contributed by atoms with E-state index in [4.69, 9.17) is 11.6 Å². The van der Waals surface area contributed by atoms with Gasteiger partial charge < -0.3 is 0 Å². The van der Waals surface area contributed by atoms with E-state index in [1.807, 2.05) is 19.9 Å². The smallest absolute Gasteiger partial charge is 0.135 e. The fraction of sp³-hybridized carbons (Fsp3) is 0.500. The first-order valence-electron chi connectivity index (χ1n) is 5.85. The van der Waals surface area contributed by atoms with E-state index in [2.05, 4.69) is 12.1 Å². The molecule has 2 rings (SSSR count). The fourth-order valence-corrected chi connectivity index (χ4v) is 2.76. The van der Waals surface area contributed by atoms with Gasteiger partial charge in [0.05, 0.1) is 0 Å². The molecular formula is C14H17ClO. The molecule has 0 radical (unpaired) electrons. The molecule has 0 aliphatic heterocycles. The van der Waals surface area contributed by atoms with Crippen molar-refractivity contribution in [2.45, 2.75) is 33.1 Å². The van der Waals surface area contributed by atoms with E-state index in [0.29, 0.717) is 11.7 Å². The van der Waals surface area contributed by atoms with Crippen molar-refractivity contribution >= 4 is 17.4 Å².